The van der Waals surface area contributed by atoms with Gasteiger partial charge in [-0.05, 0) is 24.5 Å². The van der Waals surface area contributed by atoms with Gasteiger partial charge in [-0.2, -0.15) is 0 Å². The van der Waals surface area contributed by atoms with E-state index < -0.39 is 0 Å². The zero-order valence-electron chi connectivity index (χ0n) is 14.9. The Kier molecular flexibility index (Phi) is 4.29. The number of amides is 1. The lowest BCUT2D eigenvalue weighted by Crippen LogP contribution is -2.26. The molecular formula is C21H21N3O2. The van der Waals surface area contributed by atoms with Gasteiger partial charge in [0.25, 0.3) is 5.91 Å². The van der Waals surface area contributed by atoms with E-state index in [1.807, 2.05) is 42.5 Å². The number of furan rings is 1. The van der Waals surface area contributed by atoms with E-state index >= 15 is 0 Å². The molecule has 5 heteroatoms. The summed E-state index contributed by atoms with van der Waals surface area (Å²) in [5.74, 6) is 3.57. The normalized spacial score (nSPS) is 18.5. The molecule has 26 heavy (non-hydrogen) atoms. The van der Waals surface area contributed by atoms with E-state index in [0.717, 1.165) is 17.1 Å². The Balaban J connectivity index is 1.42. The number of benzene rings is 1. The van der Waals surface area contributed by atoms with Gasteiger partial charge in [0, 0.05) is 30.9 Å². The number of carbonyl (C=O) groups excluding carboxylic acids is 1. The van der Waals surface area contributed by atoms with Crippen molar-refractivity contribution in [2.75, 3.05) is 7.05 Å². The fourth-order valence-corrected chi connectivity index (χ4v) is 3.10. The number of nitrogens with zero attached hydrogens (tertiary/aromatic N) is 3. The minimum atomic E-state index is -0.123. The number of carbonyl (C=O) groups is 1. The van der Waals surface area contributed by atoms with Crippen molar-refractivity contribution in [2.24, 2.45) is 5.92 Å². The maximum atomic E-state index is 12.6. The van der Waals surface area contributed by atoms with Gasteiger partial charge >= 0.3 is 0 Å². The maximum absolute atomic E-state index is 12.6. The van der Waals surface area contributed by atoms with E-state index in [-0.39, 0.29) is 5.91 Å². The van der Waals surface area contributed by atoms with Crippen LogP contribution >= 0.6 is 0 Å². The van der Waals surface area contributed by atoms with Crippen LogP contribution in [-0.4, -0.2) is 27.8 Å². The molecule has 0 saturated heterocycles. The molecule has 4 rings (SSSR count). The lowest BCUT2D eigenvalue weighted by atomic mass is 10.2. The van der Waals surface area contributed by atoms with Crippen molar-refractivity contribution < 1.29 is 9.21 Å². The van der Waals surface area contributed by atoms with E-state index in [1.165, 1.54) is 6.42 Å². The summed E-state index contributed by atoms with van der Waals surface area (Å²) in [5.41, 5.74) is 1.40. The van der Waals surface area contributed by atoms with Crippen LogP contribution in [0.2, 0.25) is 0 Å². The van der Waals surface area contributed by atoms with Gasteiger partial charge in [-0.1, -0.05) is 37.3 Å². The van der Waals surface area contributed by atoms with E-state index in [9.17, 15) is 4.79 Å². The Morgan fingerprint density at radius 1 is 1.15 bits per heavy atom. The molecule has 132 valence electrons. The molecule has 1 aliphatic carbocycles. The molecule has 2 heterocycles. The maximum Gasteiger partial charge on any atom is 0.257 e. The van der Waals surface area contributed by atoms with Crippen LogP contribution in [0.15, 0.2) is 59.3 Å². The molecule has 2 aromatic heterocycles. The van der Waals surface area contributed by atoms with Crippen LogP contribution in [0.25, 0.3) is 11.4 Å². The number of aromatic nitrogens is 2. The molecule has 1 aromatic carbocycles. The number of rotatable bonds is 5. The van der Waals surface area contributed by atoms with Gasteiger partial charge in [-0.15, -0.1) is 0 Å². The van der Waals surface area contributed by atoms with Crippen molar-refractivity contribution in [2.45, 2.75) is 25.8 Å². The van der Waals surface area contributed by atoms with E-state index in [4.69, 9.17) is 4.42 Å². The van der Waals surface area contributed by atoms with E-state index in [0.29, 0.717) is 29.8 Å². The third-order valence-electron chi connectivity index (χ3n) is 4.83. The first-order valence-electron chi connectivity index (χ1n) is 8.83. The first-order chi connectivity index (χ1) is 12.6. The highest BCUT2D eigenvalue weighted by atomic mass is 16.3. The first kappa shape index (κ1) is 16.5. The Hall–Kier alpha value is -2.95. The predicted molar refractivity (Wildman–Crippen MR) is 98.5 cm³/mol. The summed E-state index contributed by atoms with van der Waals surface area (Å²) in [6.07, 6.45) is 4.34. The molecule has 1 saturated carbocycles. The molecule has 5 nitrogen and oxygen atoms in total. The summed E-state index contributed by atoms with van der Waals surface area (Å²) in [6.45, 7) is 2.65. The zero-order valence-corrected chi connectivity index (χ0v) is 14.9. The van der Waals surface area contributed by atoms with Crippen LogP contribution in [0, 0.1) is 5.92 Å². The summed E-state index contributed by atoms with van der Waals surface area (Å²) in [6, 6.07) is 13.7. The van der Waals surface area contributed by atoms with Crippen molar-refractivity contribution in [3.8, 4) is 11.4 Å². The number of hydrogen-bond donors (Lipinski definition) is 0. The van der Waals surface area contributed by atoms with E-state index in [2.05, 4.69) is 16.9 Å². The van der Waals surface area contributed by atoms with Gasteiger partial charge in [-0.25, -0.2) is 9.97 Å². The Morgan fingerprint density at radius 3 is 2.50 bits per heavy atom. The minimum Gasteiger partial charge on any atom is -0.464 e. The van der Waals surface area contributed by atoms with Gasteiger partial charge in [0.1, 0.15) is 11.5 Å². The molecule has 0 aliphatic heterocycles. The Morgan fingerprint density at radius 2 is 1.85 bits per heavy atom. The summed E-state index contributed by atoms with van der Waals surface area (Å²) in [7, 11) is 1.76. The van der Waals surface area contributed by atoms with Crippen LogP contribution in [0.4, 0.5) is 0 Å². The van der Waals surface area contributed by atoms with Gasteiger partial charge in [-0.3, -0.25) is 4.79 Å². The standard InChI is InChI=1S/C21H21N3O2/c1-14-10-18(14)19-9-8-17(26-19)13-24(2)21(25)16-11-22-20(23-12-16)15-6-4-3-5-7-15/h3-9,11-12,14,18H,10,13H2,1-2H3/t14-,18-/m0/s1. The Labute approximate surface area is 152 Å². The molecule has 1 aliphatic rings. The molecule has 1 fully saturated rings. The third-order valence-corrected chi connectivity index (χ3v) is 4.83. The second-order valence-corrected chi connectivity index (χ2v) is 6.95. The molecule has 0 spiro atoms. The third kappa shape index (κ3) is 3.38. The fourth-order valence-electron chi connectivity index (χ4n) is 3.10. The van der Waals surface area contributed by atoms with Gasteiger partial charge < -0.3 is 9.32 Å². The van der Waals surface area contributed by atoms with Crippen molar-refractivity contribution in [1.29, 1.82) is 0 Å². The summed E-state index contributed by atoms with van der Waals surface area (Å²) >= 11 is 0. The smallest absolute Gasteiger partial charge is 0.257 e. The molecule has 0 unspecified atom stereocenters. The summed E-state index contributed by atoms with van der Waals surface area (Å²) in [5, 5.41) is 0. The predicted octanol–water partition coefficient (Wildman–Crippen LogP) is 4.13. The van der Waals surface area contributed by atoms with Crippen molar-refractivity contribution >= 4 is 5.91 Å². The second kappa shape index (κ2) is 6.75. The molecular weight excluding hydrogens is 326 g/mol. The lowest BCUT2D eigenvalue weighted by Gasteiger charge is -2.15. The molecule has 0 radical (unpaired) electrons. The fraction of sp³-hybridized carbons (Fsp3) is 0.286. The van der Waals surface area contributed by atoms with Crippen LogP contribution in [0.5, 0.6) is 0 Å². The summed E-state index contributed by atoms with van der Waals surface area (Å²) < 4.78 is 5.89. The average molecular weight is 347 g/mol. The van der Waals surface area contributed by atoms with E-state index in [1.54, 1.807) is 24.3 Å². The monoisotopic (exact) mass is 347 g/mol. The van der Waals surface area contributed by atoms with Crippen molar-refractivity contribution in [3.63, 3.8) is 0 Å². The first-order valence-corrected chi connectivity index (χ1v) is 8.83. The largest absolute Gasteiger partial charge is 0.464 e. The average Bonchev–Trinajstić information content (AvgIpc) is 3.23. The van der Waals surface area contributed by atoms with Crippen LogP contribution < -0.4 is 0 Å². The lowest BCUT2D eigenvalue weighted by molar-refractivity contribution is 0.0774. The topological polar surface area (TPSA) is 59.2 Å². The molecule has 2 atom stereocenters. The highest BCUT2D eigenvalue weighted by Gasteiger charge is 2.36. The highest BCUT2D eigenvalue weighted by molar-refractivity contribution is 5.93. The van der Waals surface area contributed by atoms with Gasteiger partial charge in [0.15, 0.2) is 5.82 Å². The highest BCUT2D eigenvalue weighted by Crippen LogP contribution is 2.47. The van der Waals surface area contributed by atoms with Crippen LogP contribution in [0.1, 0.15) is 41.1 Å². The zero-order chi connectivity index (χ0) is 18.1. The number of hydrogen-bond acceptors (Lipinski definition) is 4. The van der Waals surface area contributed by atoms with Crippen LogP contribution in [-0.2, 0) is 6.54 Å². The van der Waals surface area contributed by atoms with Crippen LogP contribution in [0.3, 0.4) is 0 Å². The molecule has 0 N–H and O–H groups in total. The second-order valence-electron chi connectivity index (χ2n) is 6.95. The Bertz CT molecular complexity index is 903. The molecule has 3 aromatic rings. The van der Waals surface area contributed by atoms with Gasteiger partial charge in [0.05, 0.1) is 12.1 Å². The quantitative estimate of drug-likeness (QED) is 0.696. The SMILES string of the molecule is C[C@H]1C[C@@H]1c1ccc(CN(C)C(=O)c2cnc(-c3ccccc3)nc2)o1. The van der Waals surface area contributed by atoms with Crippen molar-refractivity contribution in [3.05, 3.63) is 71.9 Å². The minimum absolute atomic E-state index is 0.123. The van der Waals surface area contributed by atoms with Gasteiger partial charge in [0.2, 0.25) is 0 Å². The van der Waals surface area contributed by atoms with Crippen molar-refractivity contribution in [1.82, 2.24) is 14.9 Å². The molecule has 1 amide bonds. The summed E-state index contributed by atoms with van der Waals surface area (Å²) in [4.78, 5) is 22.9. The molecule has 0 bridgehead atoms.